The number of nitrogens with zero attached hydrogens (tertiary/aromatic N) is 2. The van der Waals surface area contributed by atoms with Crippen molar-refractivity contribution in [3.63, 3.8) is 0 Å². The molecule has 1 radical (unpaired) electrons. The van der Waals surface area contributed by atoms with Gasteiger partial charge in [-0.2, -0.15) is 5.26 Å². The summed E-state index contributed by atoms with van der Waals surface area (Å²) < 4.78 is 24.1. The first-order chi connectivity index (χ1) is 10.7. The first-order valence-corrected chi connectivity index (χ1v) is 7.57. The molecule has 1 fully saturated rings. The number of ether oxygens (including phenoxy) is 1. The highest BCUT2D eigenvalue weighted by atomic mass is 35.5. The minimum Gasteiger partial charge on any atom is -0.427 e. The third-order valence-electron chi connectivity index (χ3n) is 3.77. The first-order valence-electron chi connectivity index (χ1n) is 7.19. The Hall–Kier alpha value is -1.13. The third-order valence-corrected chi connectivity index (χ3v) is 4.06. The van der Waals surface area contributed by atoms with Gasteiger partial charge in [0, 0.05) is 13.0 Å². The number of halogens is 2. The highest BCUT2D eigenvalue weighted by molar-refractivity contribution is 6.30. The zero-order valence-corrected chi connectivity index (χ0v) is 13.2. The SMILES string of the molecule is CO[B]N1CCC[C@@H]([C@@H](OCC#N)c2ccc(F)c(Cl)c2)C1. The molecule has 0 aromatic heterocycles. The van der Waals surface area contributed by atoms with Crippen molar-refractivity contribution in [2.45, 2.75) is 18.9 Å². The molecular weight excluding hydrogens is 305 g/mol. The summed E-state index contributed by atoms with van der Waals surface area (Å²) in [6, 6.07) is 6.58. The molecule has 22 heavy (non-hydrogen) atoms. The van der Waals surface area contributed by atoms with E-state index in [0.717, 1.165) is 31.5 Å². The molecule has 0 spiro atoms. The zero-order chi connectivity index (χ0) is 15.9. The van der Waals surface area contributed by atoms with Crippen LogP contribution in [0.25, 0.3) is 0 Å². The van der Waals surface area contributed by atoms with Crippen LogP contribution in [0.15, 0.2) is 18.2 Å². The standard InChI is InChI=1S/C15H18BClFN2O2/c1-21-16-20-7-2-3-12(10-20)15(22-8-6-19)11-4-5-14(18)13(17)9-11/h4-5,9,12,15H,2-3,7-8,10H2,1H3/t12-,15+/m1/s1. The average molecular weight is 324 g/mol. The van der Waals surface area contributed by atoms with Gasteiger partial charge in [-0.25, -0.2) is 4.39 Å². The molecule has 0 bridgehead atoms. The molecule has 2 atom stereocenters. The fourth-order valence-electron chi connectivity index (χ4n) is 2.85. The first kappa shape index (κ1) is 17.2. The molecule has 1 aliphatic heterocycles. The number of piperidine rings is 1. The van der Waals surface area contributed by atoms with Gasteiger partial charge in [0.25, 0.3) is 0 Å². The fraction of sp³-hybridized carbons (Fsp3) is 0.533. The van der Waals surface area contributed by atoms with Gasteiger partial charge in [-0.15, -0.1) is 0 Å². The van der Waals surface area contributed by atoms with Crippen LogP contribution in [0.4, 0.5) is 4.39 Å². The van der Waals surface area contributed by atoms with Crippen LogP contribution >= 0.6 is 11.6 Å². The summed E-state index contributed by atoms with van der Waals surface area (Å²) in [5, 5.41) is 8.87. The molecule has 1 saturated heterocycles. The number of rotatable bonds is 6. The molecule has 4 nitrogen and oxygen atoms in total. The van der Waals surface area contributed by atoms with Crippen molar-refractivity contribution in [3.8, 4) is 6.07 Å². The Bertz CT molecular complexity index is 539. The number of hydrogen-bond donors (Lipinski definition) is 0. The second-order valence-corrected chi connectivity index (χ2v) is 5.71. The molecule has 1 heterocycles. The van der Waals surface area contributed by atoms with E-state index in [1.165, 1.54) is 6.07 Å². The van der Waals surface area contributed by atoms with Crippen molar-refractivity contribution in [3.05, 3.63) is 34.6 Å². The van der Waals surface area contributed by atoms with E-state index in [9.17, 15) is 4.39 Å². The van der Waals surface area contributed by atoms with E-state index in [0.29, 0.717) is 0 Å². The van der Waals surface area contributed by atoms with Gasteiger partial charge in [0.1, 0.15) is 12.4 Å². The van der Waals surface area contributed by atoms with Crippen molar-refractivity contribution in [2.75, 3.05) is 26.8 Å². The van der Waals surface area contributed by atoms with E-state index < -0.39 is 5.82 Å². The zero-order valence-electron chi connectivity index (χ0n) is 12.5. The van der Waals surface area contributed by atoms with Gasteiger partial charge in [0.15, 0.2) is 0 Å². The lowest BCUT2D eigenvalue weighted by atomic mass is 9.86. The van der Waals surface area contributed by atoms with E-state index in [1.807, 2.05) is 6.07 Å². The van der Waals surface area contributed by atoms with Crippen molar-refractivity contribution in [1.29, 1.82) is 5.26 Å². The van der Waals surface area contributed by atoms with Crippen LogP contribution in [0, 0.1) is 23.1 Å². The van der Waals surface area contributed by atoms with Crippen LogP contribution < -0.4 is 0 Å². The Morgan fingerprint density at radius 1 is 1.59 bits per heavy atom. The summed E-state index contributed by atoms with van der Waals surface area (Å²) >= 11 is 5.88. The number of nitriles is 1. The predicted octanol–water partition coefficient (Wildman–Crippen LogP) is 2.95. The maximum absolute atomic E-state index is 13.4. The molecule has 7 heteroatoms. The van der Waals surface area contributed by atoms with Crippen LogP contribution in [0.2, 0.25) is 5.02 Å². The highest BCUT2D eigenvalue weighted by Crippen LogP contribution is 2.34. The maximum atomic E-state index is 13.4. The molecule has 1 aromatic carbocycles. The lowest BCUT2D eigenvalue weighted by Crippen LogP contribution is -2.41. The molecule has 0 amide bonds. The van der Waals surface area contributed by atoms with E-state index in [2.05, 4.69) is 4.81 Å². The van der Waals surface area contributed by atoms with Gasteiger partial charge in [0.05, 0.1) is 17.2 Å². The van der Waals surface area contributed by atoms with Crippen molar-refractivity contribution in [2.24, 2.45) is 5.92 Å². The maximum Gasteiger partial charge on any atom is 0.398 e. The Kier molecular flexibility index (Phi) is 6.65. The predicted molar refractivity (Wildman–Crippen MR) is 82.8 cm³/mol. The van der Waals surface area contributed by atoms with Gasteiger partial charge in [-0.3, -0.25) is 0 Å². The van der Waals surface area contributed by atoms with Crippen LogP contribution in [-0.2, 0) is 9.39 Å². The quantitative estimate of drug-likeness (QED) is 0.755. The number of hydrogen-bond acceptors (Lipinski definition) is 4. The van der Waals surface area contributed by atoms with Gasteiger partial charge in [0.2, 0.25) is 0 Å². The van der Waals surface area contributed by atoms with Gasteiger partial charge < -0.3 is 14.2 Å². The van der Waals surface area contributed by atoms with Crippen LogP contribution in [0.1, 0.15) is 24.5 Å². The summed E-state index contributed by atoms with van der Waals surface area (Å²) in [6.07, 6.45) is 1.69. The molecule has 0 unspecified atom stereocenters. The summed E-state index contributed by atoms with van der Waals surface area (Å²) in [4.78, 5) is 2.09. The van der Waals surface area contributed by atoms with Gasteiger partial charge >= 0.3 is 7.62 Å². The van der Waals surface area contributed by atoms with Crippen molar-refractivity contribution >= 4 is 19.2 Å². The summed E-state index contributed by atoms with van der Waals surface area (Å²) in [6.45, 7) is 1.68. The van der Waals surface area contributed by atoms with E-state index in [4.69, 9.17) is 26.3 Å². The second-order valence-electron chi connectivity index (χ2n) is 5.30. The Morgan fingerprint density at radius 2 is 2.41 bits per heavy atom. The smallest absolute Gasteiger partial charge is 0.398 e. The minimum atomic E-state index is -0.456. The minimum absolute atomic E-state index is 0.00977. The molecule has 2 rings (SSSR count). The number of benzene rings is 1. The fourth-order valence-corrected chi connectivity index (χ4v) is 3.04. The van der Waals surface area contributed by atoms with Crippen molar-refractivity contribution in [1.82, 2.24) is 4.81 Å². The molecule has 117 valence electrons. The Labute approximate surface area is 136 Å². The van der Waals surface area contributed by atoms with Crippen molar-refractivity contribution < 1.29 is 13.8 Å². The summed E-state index contributed by atoms with van der Waals surface area (Å²) in [7, 11) is 3.32. The van der Waals surface area contributed by atoms with E-state index in [1.54, 1.807) is 26.9 Å². The Balaban J connectivity index is 2.17. The highest BCUT2D eigenvalue weighted by Gasteiger charge is 2.30. The lowest BCUT2D eigenvalue weighted by molar-refractivity contribution is 0.00916. The van der Waals surface area contributed by atoms with Crippen LogP contribution in [-0.4, -0.2) is 39.2 Å². The molecular formula is C15H18BClFN2O2. The molecule has 1 aliphatic rings. The largest absolute Gasteiger partial charge is 0.427 e. The van der Waals surface area contributed by atoms with Crippen LogP contribution in [0.3, 0.4) is 0 Å². The van der Waals surface area contributed by atoms with Gasteiger partial charge in [-0.05, 0) is 43.6 Å². The molecule has 0 aliphatic carbocycles. The molecule has 1 aromatic rings. The normalized spacial score (nSPS) is 20.4. The van der Waals surface area contributed by atoms with E-state index in [-0.39, 0.29) is 23.7 Å². The topological polar surface area (TPSA) is 45.5 Å². The summed E-state index contributed by atoms with van der Waals surface area (Å²) in [5.41, 5.74) is 0.797. The summed E-state index contributed by atoms with van der Waals surface area (Å²) in [5.74, 6) is -0.266. The molecule has 0 N–H and O–H groups in total. The molecule has 0 saturated carbocycles. The Morgan fingerprint density at radius 3 is 3.09 bits per heavy atom. The monoisotopic (exact) mass is 323 g/mol. The average Bonchev–Trinajstić information content (AvgIpc) is 2.52. The second kappa shape index (κ2) is 8.49. The van der Waals surface area contributed by atoms with Gasteiger partial charge in [-0.1, -0.05) is 17.7 Å². The van der Waals surface area contributed by atoms with E-state index >= 15 is 0 Å². The lowest BCUT2D eigenvalue weighted by Gasteiger charge is -2.36. The van der Waals surface area contributed by atoms with Crippen LogP contribution in [0.5, 0.6) is 0 Å². The third kappa shape index (κ3) is 4.44.